The molecule has 0 fully saturated rings. The fourth-order valence-electron chi connectivity index (χ4n) is 2.35. The van der Waals surface area contributed by atoms with Gasteiger partial charge >= 0.3 is 0 Å². The number of rotatable bonds is 3. The molecule has 1 unspecified atom stereocenters. The number of halogens is 1. The summed E-state index contributed by atoms with van der Waals surface area (Å²) < 4.78 is 11.9. The van der Waals surface area contributed by atoms with Gasteiger partial charge in [0.15, 0.2) is 11.5 Å². The van der Waals surface area contributed by atoms with Crippen molar-refractivity contribution in [2.75, 3.05) is 13.2 Å². The number of hydrogen-bond acceptors (Lipinski definition) is 4. The Kier molecular flexibility index (Phi) is 4.03. The summed E-state index contributed by atoms with van der Waals surface area (Å²) in [6.45, 7) is 1.03. The highest BCUT2D eigenvalue weighted by Crippen LogP contribution is 2.40. The quantitative estimate of drug-likeness (QED) is 0.892. The molecule has 0 saturated heterocycles. The number of phenols is 1. The van der Waals surface area contributed by atoms with E-state index in [1.165, 1.54) is 0 Å². The summed E-state index contributed by atoms with van der Waals surface area (Å²) in [4.78, 5) is 0. The Morgan fingerprint density at radius 2 is 1.95 bits per heavy atom. The third-order valence-electron chi connectivity index (χ3n) is 3.34. The molecule has 2 aromatic carbocycles. The van der Waals surface area contributed by atoms with Gasteiger partial charge in [-0.1, -0.05) is 12.1 Å². The van der Waals surface area contributed by atoms with Crippen molar-refractivity contribution in [3.63, 3.8) is 0 Å². The maximum atomic E-state index is 10.4. The number of aliphatic hydroxyl groups excluding tert-OH is 1. The zero-order chi connectivity index (χ0) is 14.8. The number of aromatic hydroxyl groups is 1. The Balaban J connectivity index is 1.84. The van der Waals surface area contributed by atoms with E-state index in [0.717, 1.165) is 15.6 Å². The standard InChI is InChI=1S/C16H15BrO4/c17-13-8-11(9-15-16(13)21-5-4-20-15)14(19)7-10-2-1-3-12(18)6-10/h1-3,6,8-9,14,18-19H,4-5,7H2. The van der Waals surface area contributed by atoms with Crippen LogP contribution in [-0.2, 0) is 6.42 Å². The zero-order valence-corrected chi connectivity index (χ0v) is 12.8. The Morgan fingerprint density at radius 1 is 1.14 bits per heavy atom. The van der Waals surface area contributed by atoms with Gasteiger partial charge in [-0.15, -0.1) is 0 Å². The van der Waals surface area contributed by atoms with Crippen LogP contribution in [0.1, 0.15) is 17.2 Å². The van der Waals surface area contributed by atoms with E-state index in [9.17, 15) is 10.2 Å². The summed E-state index contributed by atoms with van der Waals surface area (Å²) in [5.74, 6) is 1.51. The number of fused-ring (bicyclic) bond motifs is 1. The maximum absolute atomic E-state index is 10.4. The van der Waals surface area contributed by atoms with Crippen LogP contribution in [0.15, 0.2) is 40.9 Å². The number of benzene rings is 2. The number of ether oxygens (including phenoxy) is 2. The molecule has 0 aliphatic carbocycles. The molecule has 4 nitrogen and oxygen atoms in total. The average Bonchev–Trinajstić information content (AvgIpc) is 2.47. The molecule has 1 atom stereocenters. The first-order valence-corrected chi connectivity index (χ1v) is 7.48. The topological polar surface area (TPSA) is 58.9 Å². The minimum Gasteiger partial charge on any atom is -0.508 e. The van der Waals surface area contributed by atoms with Crippen LogP contribution in [0.2, 0.25) is 0 Å². The van der Waals surface area contributed by atoms with E-state index in [-0.39, 0.29) is 5.75 Å². The lowest BCUT2D eigenvalue weighted by molar-refractivity contribution is 0.163. The smallest absolute Gasteiger partial charge is 0.175 e. The molecule has 0 aromatic heterocycles. The lowest BCUT2D eigenvalue weighted by Crippen LogP contribution is -2.16. The zero-order valence-electron chi connectivity index (χ0n) is 11.3. The van der Waals surface area contributed by atoms with E-state index in [4.69, 9.17) is 9.47 Å². The lowest BCUT2D eigenvalue weighted by atomic mass is 10.0. The molecule has 0 spiro atoms. The van der Waals surface area contributed by atoms with E-state index in [1.807, 2.05) is 12.1 Å². The van der Waals surface area contributed by atoms with Gasteiger partial charge in [-0.3, -0.25) is 0 Å². The van der Waals surface area contributed by atoms with Gasteiger partial charge in [0.2, 0.25) is 0 Å². The van der Waals surface area contributed by atoms with Crippen molar-refractivity contribution in [3.8, 4) is 17.2 Å². The van der Waals surface area contributed by atoms with Crippen LogP contribution in [-0.4, -0.2) is 23.4 Å². The van der Waals surface area contributed by atoms with E-state index < -0.39 is 6.10 Å². The molecule has 2 aromatic rings. The van der Waals surface area contributed by atoms with Crippen molar-refractivity contribution in [2.24, 2.45) is 0 Å². The first-order chi connectivity index (χ1) is 10.1. The number of aliphatic hydroxyl groups is 1. The molecule has 0 saturated carbocycles. The summed E-state index contributed by atoms with van der Waals surface area (Å²) in [7, 11) is 0. The highest BCUT2D eigenvalue weighted by molar-refractivity contribution is 9.10. The summed E-state index contributed by atoms with van der Waals surface area (Å²) in [5.41, 5.74) is 1.61. The second-order valence-electron chi connectivity index (χ2n) is 4.92. The second kappa shape index (κ2) is 5.95. The molecular formula is C16H15BrO4. The van der Waals surface area contributed by atoms with Crippen LogP contribution < -0.4 is 9.47 Å². The number of phenolic OH excluding ortho intramolecular Hbond substituents is 1. The first-order valence-electron chi connectivity index (χ1n) is 6.68. The third-order valence-corrected chi connectivity index (χ3v) is 3.93. The highest BCUT2D eigenvalue weighted by atomic mass is 79.9. The third kappa shape index (κ3) is 3.14. The highest BCUT2D eigenvalue weighted by Gasteiger charge is 2.19. The molecule has 1 aliphatic rings. The van der Waals surface area contributed by atoms with E-state index >= 15 is 0 Å². The van der Waals surface area contributed by atoms with Crippen molar-refractivity contribution in [3.05, 3.63) is 52.0 Å². The molecule has 0 radical (unpaired) electrons. The van der Waals surface area contributed by atoms with Gasteiger partial charge in [0.25, 0.3) is 0 Å². The summed E-state index contributed by atoms with van der Waals surface area (Å²) in [6.07, 6.45) is -0.264. The molecule has 110 valence electrons. The maximum Gasteiger partial charge on any atom is 0.175 e. The van der Waals surface area contributed by atoms with E-state index in [2.05, 4.69) is 15.9 Å². The predicted octanol–water partition coefficient (Wildman–Crippen LogP) is 3.20. The van der Waals surface area contributed by atoms with Crippen LogP contribution in [0, 0.1) is 0 Å². The van der Waals surface area contributed by atoms with Crippen LogP contribution in [0.4, 0.5) is 0 Å². The van der Waals surface area contributed by atoms with Gasteiger partial charge in [0.05, 0.1) is 10.6 Å². The van der Waals surface area contributed by atoms with E-state index in [0.29, 0.717) is 31.1 Å². The van der Waals surface area contributed by atoms with Crippen molar-refractivity contribution in [1.82, 2.24) is 0 Å². The molecule has 1 heterocycles. The van der Waals surface area contributed by atoms with Gasteiger partial charge in [-0.25, -0.2) is 0 Å². The monoisotopic (exact) mass is 350 g/mol. The van der Waals surface area contributed by atoms with Crippen LogP contribution in [0.3, 0.4) is 0 Å². The summed E-state index contributed by atoms with van der Waals surface area (Å²) in [6, 6.07) is 10.5. The van der Waals surface area contributed by atoms with Gasteiger partial charge in [0, 0.05) is 6.42 Å². The van der Waals surface area contributed by atoms with Crippen LogP contribution in [0.25, 0.3) is 0 Å². The lowest BCUT2D eigenvalue weighted by Gasteiger charge is -2.21. The molecule has 21 heavy (non-hydrogen) atoms. The molecule has 5 heteroatoms. The Morgan fingerprint density at radius 3 is 2.76 bits per heavy atom. The fourth-order valence-corrected chi connectivity index (χ4v) is 2.92. The molecule has 3 rings (SSSR count). The van der Waals surface area contributed by atoms with Crippen molar-refractivity contribution in [2.45, 2.75) is 12.5 Å². The SMILES string of the molecule is Oc1cccc(CC(O)c2cc(Br)c3c(c2)OCCO3)c1. The molecule has 0 bridgehead atoms. The van der Waals surface area contributed by atoms with Gasteiger partial charge in [-0.2, -0.15) is 0 Å². The Labute approximate surface area is 131 Å². The Bertz CT molecular complexity index is 657. The van der Waals surface area contributed by atoms with Crippen molar-refractivity contribution in [1.29, 1.82) is 0 Å². The largest absolute Gasteiger partial charge is 0.508 e. The fraction of sp³-hybridized carbons (Fsp3) is 0.250. The first kappa shape index (κ1) is 14.2. The van der Waals surface area contributed by atoms with Crippen molar-refractivity contribution >= 4 is 15.9 Å². The molecule has 0 amide bonds. The molecule has 2 N–H and O–H groups in total. The summed E-state index contributed by atoms with van der Waals surface area (Å²) in [5, 5.41) is 19.9. The number of hydrogen-bond donors (Lipinski definition) is 2. The van der Waals surface area contributed by atoms with Gasteiger partial charge in [0.1, 0.15) is 19.0 Å². The van der Waals surface area contributed by atoms with Gasteiger partial charge < -0.3 is 19.7 Å². The van der Waals surface area contributed by atoms with Crippen LogP contribution in [0.5, 0.6) is 17.2 Å². The Hall–Kier alpha value is -1.72. The summed E-state index contributed by atoms with van der Waals surface area (Å²) >= 11 is 3.44. The minimum absolute atomic E-state index is 0.197. The van der Waals surface area contributed by atoms with Crippen molar-refractivity contribution < 1.29 is 19.7 Å². The second-order valence-corrected chi connectivity index (χ2v) is 5.77. The average molecular weight is 351 g/mol. The molecule has 1 aliphatic heterocycles. The molecular weight excluding hydrogens is 336 g/mol. The normalized spacial score (nSPS) is 14.8. The minimum atomic E-state index is -0.682. The van der Waals surface area contributed by atoms with Crippen LogP contribution >= 0.6 is 15.9 Å². The van der Waals surface area contributed by atoms with E-state index in [1.54, 1.807) is 24.3 Å². The van der Waals surface area contributed by atoms with Gasteiger partial charge in [-0.05, 0) is 51.3 Å². The predicted molar refractivity (Wildman–Crippen MR) is 81.9 cm³/mol.